The molecule has 0 fully saturated rings. The summed E-state index contributed by atoms with van der Waals surface area (Å²) in [7, 11) is 3.78. The summed E-state index contributed by atoms with van der Waals surface area (Å²) in [6.45, 7) is 0. The molecule has 2 nitrogen and oxygen atoms in total. The van der Waals surface area contributed by atoms with Gasteiger partial charge < -0.3 is 4.90 Å². The van der Waals surface area contributed by atoms with Gasteiger partial charge in [0.15, 0.2) is 5.78 Å². The molecule has 0 radical (unpaired) electrons. The minimum Gasteiger partial charge on any atom is -0.383 e. The quantitative estimate of drug-likeness (QED) is 0.707. The second kappa shape index (κ2) is 4.42. The maximum Gasteiger partial charge on any atom is 0.183 e. The minimum atomic E-state index is 0.0828. The van der Waals surface area contributed by atoms with Crippen LogP contribution in [-0.2, 0) is 4.79 Å². The third-order valence-electron chi connectivity index (χ3n) is 1.67. The van der Waals surface area contributed by atoms with E-state index in [1.807, 2.05) is 31.1 Å². The first kappa shape index (κ1) is 10.3. The van der Waals surface area contributed by atoms with E-state index < -0.39 is 0 Å². The molecule has 1 rings (SSSR count). The highest BCUT2D eigenvalue weighted by atomic mass is 79.9. The first-order valence-corrected chi connectivity index (χ1v) is 4.84. The van der Waals surface area contributed by atoms with Crippen LogP contribution in [0.4, 0.5) is 0 Å². The number of nitrogens with zero attached hydrogens (tertiary/aromatic N) is 1. The average Bonchev–Trinajstić information content (AvgIpc) is 2.47. The van der Waals surface area contributed by atoms with Gasteiger partial charge in [0.25, 0.3) is 0 Å². The molecule has 0 bridgehead atoms. The molecule has 0 aromatic carbocycles. The summed E-state index contributed by atoms with van der Waals surface area (Å²) in [6, 6.07) is 0. The lowest BCUT2D eigenvalue weighted by Crippen LogP contribution is -2.03. The van der Waals surface area contributed by atoms with E-state index in [1.165, 1.54) is 0 Å². The third kappa shape index (κ3) is 3.19. The normalized spacial score (nSPS) is 15.9. The van der Waals surface area contributed by atoms with Crippen molar-refractivity contribution in [1.29, 1.82) is 0 Å². The van der Waals surface area contributed by atoms with Gasteiger partial charge in [-0.15, -0.1) is 0 Å². The van der Waals surface area contributed by atoms with Gasteiger partial charge in [0.1, 0.15) is 0 Å². The Morgan fingerprint density at radius 2 is 2.31 bits per heavy atom. The molecule has 70 valence electrons. The van der Waals surface area contributed by atoms with E-state index in [9.17, 15) is 4.79 Å². The van der Waals surface area contributed by atoms with E-state index in [4.69, 9.17) is 0 Å². The predicted octanol–water partition coefficient (Wildman–Crippen LogP) is 2.24. The number of hydrogen-bond acceptors (Lipinski definition) is 2. The molecule has 1 aliphatic rings. The maximum absolute atomic E-state index is 11.5. The maximum atomic E-state index is 11.5. The van der Waals surface area contributed by atoms with Crippen molar-refractivity contribution in [3.05, 3.63) is 34.5 Å². The van der Waals surface area contributed by atoms with Crippen molar-refractivity contribution in [3.8, 4) is 0 Å². The highest BCUT2D eigenvalue weighted by molar-refractivity contribution is 9.11. The number of ketones is 1. The fourth-order valence-electron chi connectivity index (χ4n) is 0.987. The summed E-state index contributed by atoms with van der Waals surface area (Å²) in [6.07, 6.45) is 7.93. The van der Waals surface area contributed by atoms with Crippen LogP contribution < -0.4 is 0 Å². The number of halogens is 1. The first-order valence-electron chi connectivity index (χ1n) is 4.05. The topological polar surface area (TPSA) is 20.3 Å². The Morgan fingerprint density at radius 1 is 1.62 bits per heavy atom. The van der Waals surface area contributed by atoms with Crippen LogP contribution in [0.3, 0.4) is 0 Å². The van der Waals surface area contributed by atoms with Crippen LogP contribution in [-0.4, -0.2) is 24.8 Å². The van der Waals surface area contributed by atoms with Gasteiger partial charge in [-0.05, 0) is 12.5 Å². The summed E-state index contributed by atoms with van der Waals surface area (Å²) >= 11 is 3.32. The molecule has 0 atom stereocenters. The van der Waals surface area contributed by atoms with Crippen molar-refractivity contribution < 1.29 is 4.79 Å². The number of hydrogen-bond donors (Lipinski definition) is 0. The molecule has 0 spiro atoms. The smallest absolute Gasteiger partial charge is 0.183 e. The summed E-state index contributed by atoms with van der Waals surface area (Å²) in [5, 5.41) is 0. The van der Waals surface area contributed by atoms with Gasteiger partial charge in [0, 0.05) is 36.4 Å². The molecule has 13 heavy (non-hydrogen) atoms. The Kier molecular flexibility index (Phi) is 3.48. The lowest BCUT2D eigenvalue weighted by atomic mass is 10.1. The minimum absolute atomic E-state index is 0.0828. The van der Waals surface area contributed by atoms with Crippen LogP contribution in [0.5, 0.6) is 0 Å². The Balaban J connectivity index is 2.56. The lowest BCUT2D eigenvalue weighted by molar-refractivity contribution is -0.111. The second-order valence-electron chi connectivity index (χ2n) is 3.11. The molecule has 0 unspecified atom stereocenters. The largest absolute Gasteiger partial charge is 0.383 e. The summed E-state index contributed by atoms with van der Waals surface area (Å²) < 4.78 is 0.995. The van der Waals surface area contributed by atoms with Crippen LogP contribution in [0, 0.1) is 0 Å². The molecule has 0 N–H and O–H groups in total. The molecule has 0 saturated heterocycles. The standard InChI is InChI=1S/C10H12BrNO/c1-12(2)6-5-10(13)8-3-4-9(11)7-8/h4-7H,3H2,1-2H3/b6-5+. The molecule has 0 aliphatic heterocycles. The molecule has 0 amide bonds. The van der Waals surface area contributed by atoms with Crippen LogP contribution in [0.1, 0.15) is 6.42 Å². The predicted molar refractivity (Wildman–Crippen MR) is 57.5 cm³/mol. The number of carbonyl (C=O) groups is 1. The fraction of sp³-hybridized carbons (Fsp3) is 0.300. The van der Waals surface area contributed by atoms with Gasteiger partial charge in [-0.3, -0.25) is 4.79 Å². The number of carbonyl (C=O) groups excluding carboxylic acids is 1. The Morgan fingerprint density at radius 3 is 2.77 bits per heavy atom. The van der Waals surface area contributed by atoms with Gasteiger partial charge in [-0.1, -0.05) is 22.0 Å². The highest BCUT2D eigenvalue weighted by Crippen LogP contribution is 2.22. The summed E-state index contributed by atoms with van der Waals surface area (Å²) in [5.41, 5.74) is 0.838. The highest BCUT2D eigenvalue weighted by Gasteiger charge is 2.09. The fourth-order valence-corrected chi connectivity index (χ4v) is 1.43. The van der Waals surface area contributed by atoms with E-state index in [0.29, 0.717) is 0 Å². The molecule has 3 heteroatoms. The summed E-state index contributed by atoms with van der Waals surface area (Å²) in [5.74, 6) is 0.0828. The van der Waals surface area contributed by atoms with Gasteiger partial charge >= 0.3 is 0 Å². The van der Waals surface area contributed by atoms with Crippen molar-refractivity contribution in [3.63, 3.8) is 0 Å². The molecular formula is C10H12BrNO. The van der Waals surface area contributed by atoms with Crippen molar-refractivity contribution >= 4 is 21.7 Å². The SMILES string of the molecule is CN(C)/C=C/C(=O)C1=CC(Br)=CC1. The van der Waals surface area contributed by atoms with E-state index in [1.54, 1.807) is 12.3 Å². The molecule has 0 saturated carbocycles. The van der Waals surface area contributed by atoms with Gasteiger partial charge in [0.05, 0.1) is 0 Å². The Labute approximate surface area is 86.7 Å². The van der Waals surface area contributed by atoms with Crippen LogP contribution in [0.15, 0.2) is 34.5 Å². The van der Waals surface area contributed by atoms with Gasteiger partial charge in [0.2, 0.25) is 0 Å². The first-order chi connectivity index (χ1) is 6.09. The molecule has 0 aromatic rings. The Hall–Kier alpha value is -0.830. The third-order valence-corrected chi connectivity index (χ3v) is 2.22. The van der Waals surface area contributed by atoms with Crippen LogP contribution in [0.25, 0.3) is 0 Å². The zero-order valence-corrected chi connectivity index (χ0v) is 9.34. The number of allylic oxidation sites excluding steroid dienone is 5. The van der Waals surface area contributed by atoms with E-state index in [2.05, 4.69) is 15.9 Å². The van der Waals surface area contributed by atoms with Crippen molar-refractivity contribution in [2.24, 2.45) is 0 Å². The van der Waals surface area contributed by atoms with E-state index >= 15 is 0 Å². The van der Waals surface area contributed by atoms with Crippen LogP contribution >= 0.6 is 15.9 Å². The van der Waals surface area contributed by atoms with Gasteiger partial charge in [-0.2, -0.15) is 0 Å². The van der Waals surface area contributed by atoms with E-state index in [0.717, 1.165) is 16.5 Å². The van der Waals surface area contributed by atoms with Crippen molar-refractivity contribution in [2.45, 2.75) is 6.42 Å². The zero-order valence-electron chi connectivity index (χ0n) is 7.75. The average molecular weight is 242 g/mol. The van der Waals surface area contributed by atoms with Gasteiger partial charge in [-0.25, -0.2) is 0 Å². The van der Waals surface area contributed by atoms with Crippen molar-refractivity contribution in [2.75, 3.05) is 14.1 Å². The second-order valence-corrected chi connectivity index (χ2v) is 4.02. The molecular weight excluding hydrogens is 230 g/mol. The molecule has 0 aromatic heterocycles. The number of rotatable bonds is 3. The van der Waals surface area contributed by atoms with E-state index in [-0.39, 0.29) is 5.78 Å². The van der Waals surface area contributed by atoms with Crippen molar-refractivity contribution in [1.82, 2.24) is 4.90 Å². The Bertz CT molecular complexity index is 300. The zero-order chi connectivity index (χ0) is 9.84. The lowest BCUT2D eigenvalue weighted by Gasteiger charge is -2.02. The monoisotopic (exact) mass is 241 g/mol. The van der Waals surface area contributed by atoms with Crippen LogP contribution in [0.2, 0.25) is 0 Å². The summed E-state index contributed by atoms with van der Waals surface area (Å²) in [4.78, 5) is 13.3. The molecule has 0 heterocycles. The molecule has 1 aliphatic carbocycles.